The topological polar surface area (TPSA) is 97.4 Å². The van der Waals surface area contributed by atoms with Crippen LogP contribution < -0.4 is 10.1 Å². The van der Waals surface area contributed by atoms with Crippen LogP contribution in [-0.2, 0) is 27.4 Å². The molecule has 0 spiro atoms. The van der Waals surface area contributed by atoms with Crippen molar-refractivity contribution in [2.24, 2.45) is 0 Å². The minimum atomic E-state index is -0.602. The maximum absolute atomic E-state index is 12.7. The summed E-state index contributed by atoms with van der Waals surface area (Å²) in [4.78, 5) is 40.5. The Morgan fingerprint density at radius 3 is 2.38 bits per heavy atom. The number of hydrogen-bond acceptors (Lipinski definition) is 7. The molecule has 2 heterocycles. The number of nitrogens with zero attached hydrogens (tertiary/aromatic N) is 2. The van der Waals surface area contributed by atoms with E-state index in [9.17, 15) is 14.4 Å². The number of alkyl carbamates (subject to hydrolysis) is 1. The van der Waals surface area contributed by atoms with Crippen molar-refractivity contribution < 1.29 is 28.6 Å². The second-order valence-electron chi connectivity index (χ2n) is 10.5. The summed E-state index contributed by atoms with van der Waals surface area (Å²) in [5, 5.41) is 2.57. The summed E-state index contributed by atoms with van der Waals surface area (Å²) in [5.41, 5.74) is 1.95. The third-order valence-electron chi connectivity index (χ3n) is 6.57. The van der Waals surface area contributed by atoms with Gasteiger partial charge < -0.3 is 24.4 Å². The molecule has 0 aliphatic carbocycles. The number of piperazine rings is 1. The predicted octanol–water partition coefficient (Wildman–Crippen LogP) is 3.36. The van der Waals surface area contributed by atoms with E-state index in [2.05, 4.69) is 16.3 Å². The van der Waals surface area contributed by atoms with Crippen LogP contribution in [0, 0.1) is 0 Å². The molecule has 2 saturated heterocycles. The largest absolute Gasteiger partial charge is 0.489 e. The maximum Gasteiger partial charge on any atom is 0.408 e. The Labute approximate surface area is 217 Å². The molecule has 0 radical (unpaired) electrons. The molecular formula is C28H35N3O6. The molecule has 2 aliphatic rings. The molecule has 9 heteroatoms. The minimum absolute atomic E-state index is 0.0601. The Bertz CT molecular complexity index is 1130. The maximum atomic E-state index is 12.7. The fourth-order valence-corrected chi connectivity index (χ4v) is 4.82. The van der Waals surface area contributed by atoms with Crippen LogP contribution >= 0.6 is 0 Å². The van der Waals surface area contributed by atoms with Crippen LogP contribution in [0.1, 0.15) is 48.7 Å². The summed E-state index contributed by atoms with van der Waals surface area (Å²) >= 11 is 0. The molecule has 9 nitrogen and oxygen atoms in total. The fourth-order valence-electron chi connectivity index (χ4n) is 4.82. The number of fused-ring (bicyclic) bond motifs is 2. The first-order chi connectivity index (χ1) is 17.6. The van der Waals surface area contributed by atoms with Crippen LogP contribution in [0.25, 0.3) is 0 Å². The number of benzene rings is 2. The summed E-state index contributed by atoms with van der Waals surface area (Å²) in [6.07, 6.45) is 0.344. The van der Waals surface area contributed by atoms with E-state index in [-0.39, 0.29) is 30.5 Å². The van der Waals surface area contributed by atoms with Crippen molar-refractivity contribution in [1.29, 1.82) is 0 Å². The van der Waals surface area contributed by atoms with Gasteiger partial charge in [-0.25, -0.2) is 9.59 Å². The highest BCUT2D eigenvalue weighted by atomic mass is 16.6. The van der Waals surface area contributed by atoms with E-state index in [4.69, 9.17) is 14.2 Å². The quantitative estimate of drug-likeness (QED) is 0.545. The van der Waals surface area contributed by atoms with Gasteiger partial charge in [0.1, 0.15) is 24.5 Å². The van der Waals surface area contributed by atoms with E-state index in [1.54, 1.807) is 32.9 Å². The van der Waals surface area contributed by atoms with Crippen molar-refractivity contribution in [2.45, 2.75) is 58.0 Å². The monoisotopic (exact) mass is 509 g/mol. The van der Waals surface area contributed by atoms with Crippen LogP contribution in [0.3, 0.4) is 0 Å². The number of esters is 1. The number of amides is 2. The molecule has 2 atom stereocenters. The highest BCUT2D eigenvalue weighted by molar-refractivity contribution is 5.89. The number of hydrogen-bond donors (Lipinski definition) is 1. The molecule has 0 aromatic heterocycles. The number of ether oxygens (including phenoxy) is 3. The van der Waals surface area contributed by atoms with Gasteiger partial charge in [-0.1, -0.05) is 30.3 Å². The molecule has 2 amide bonds. The zero-order chi connectivity index (χ0) is 26.6. The van der Waals surface area contributed by atoms with Gasteiger partial charge in [-0.3, -0.25) is 9.69 Å². The molecule has 2 unspecified atom stereocenters. The molecule has 4 rings (SSSR count). The summed E-state index contributed by atoms with van der Waals surface area (Å²) in [6.45, 7) is 7.85. The molecule has 0 saturated carbocycles. The summed E-state index contributed by atoms with van der Waals surface area (Å²) in [5.74, 6) is 0.370. The van der Waals surface area contributed by atoms with E-state index in [0.717, 1.165) is 36.4 Å². The average molecular weight is 510 g/mol. The lowest BCUT2D eigenvalue weighted by molar-refractivity contribution is -0.132. The Kier molecular flexibility index (Phi) is 8.02. The number of methoxy groups -OCH3 is 1. The molecule has 2 bridgehead atoms. The standard InChI is InChI=1S/C28H35N3O6/c1-28(2,3)37-27(34)29-14-25(32)31-17-22-13-23(31)16-30(22)15-21-7-5-6-8-24(21)36-18-19-9-11-20(12-10-19)26(33)35-4/h5-12,22-23H,13-18H2,1-4H3,(H,29,34). The van der Waals surface area contributed by atoms with Crippen LogP contribution in [0.5, 0.6) is 5.75 Å². The molecule has 198 valence electrons. The molecule has 1 N–H and O–H groups in total. The molecule has 37 heavy (non-hydrogen) atoms. The Morgan fingerprint density at radius 1 is 1.00 bits per heavy atom. The van der Waals surface area contributed by atoms with Gasteiger partial charge in [-0.05, 0) is 51.0 Å². The summed E-state index contributed by atoms with van der Waals surface area (Å²) < 4.78 is 16.1. The second-order valence-corrected chi connectivity index (χ2v) is 10.5. The highest BCUT2D eigenvalue weighted by Gasteiger charge is 2.45. The van der Waals surface area contributed by atoms with E-state index >= 15 is 0 Å². The van der Waals surface area contributed by atoms with Gasteiger partial charge in [0, 0.05) is 37.3 Å². The van der Waals surface area contributed by atoms with E-state index in [1.807, 2.05) is 35.2 Å². The number of carbonyl (C=O) groups is 3. The number of nitrogens with one attached hydrogen (secondary N) is 1. The molecule has 2 aromatic carbocycles. The summed E-state index contributed by atoms with van der Waals surface area (Å²) in [7, 11) is 1.36. The van der Waals surface area contributed by atoms with Crippen molar-refractivity contribution in [3.8, 4) is 5.75 Å². The molecule has 2 aliphatic heterocycles. The molecule has 2 fully saturated rings. The van der Waals surface area contributed by atoms with Crippen molar-refractivity contribution in [3.63, 3.8) is 0 Å². The van der Waals surface area contributed by atoms with Gasteiger partial charge in [-0.2, -0.15) is 0 Å². The van der Waals surface area contributed by atoms with Crippen molar-refractivity contribution in [1.82, 2.24) is 15.1 Å². The second kappa shape index (κ2) is 11.2. The first-order valence-corrected chi connectivity index (χ1v) is 12.5. The lowest BCUT2D eigenvalue weighted by atomic mass is 10.1. The highest BCUT2D eigenvalue weighted by Crippen LogP contribution is 2.33. The van der Waals surface area contributed by atoms with Crippen LogP contribution in [0.4, 0.5) is 4.79 Å². The van der Waals surface area contributed by atoms with Gasteiger partial charge in [0.05, 0.1) is 12.7 Å². The lowest BCUT2D eigenvalue weighted by Crippen LogP contribution is -2.51. The van der Waals surface area contributed by atoms with Crippen LogP contribution in [0.2, 0.25) is 0 Å². The van der Waals surface area contributed by atoms with E-state index in [0.29, 0.717) is 18.7 Å². The zero-order valence-corrected chi connectivity index (χ0v) is 21.9. The van der Waals surface area contributed by atoms with E-state index < -0.39 is 11.7 Å². The Hall–Kier alpha value is -3.59. The third kappa shape index (κ3) is 6.80. The third-order valence-corrected chi connectivity index (χ3v) is 6.57. The lowest BCUT2D eigenvalue weighted by Gasteiger charge is -2.34. The first kappa shape index (κ1) is 26.5. The van der Waals surface area contributed by atoms with Gasteiger partial charge in [-0.15, -0.1) is 0 Å². The fraction of sp³-hybridized carbons (Fsp3) is 0.464. The first-order valence-electron chi connectivity index (χ1n) is 12.5. The smallest absolute Gasteiger partial charge is 0.408 e. The average Bonchev–Trinajstić information content (AvgIpc) is 3.46. The van der Waals surface area contributed by atoms with E-state index in [1.165, 1.54) is 7.11 Å². The van der Waals surface area contributed by atoms with Gasteiger partial charge >= 0.3 is 12.1 Å². The molecule has 2 aromatic rings. The zero-order valence-electron chi connectivity index (χ0n) is 21.9. The molecular weight excluding hydrogens is 474 g/mol. The number of carbonyl (C=O) groups excluding carboxylic acids is 3. The predicted molar refractivity (Wildman–Crippen MR) is 137 cm³/mol. The van der Waals surface area contributed by atoms with Gasteiger partial charge in [0.2, 0.25) is 5.91 Å². The normalized spacial score (nSPS) is 19.0. The van der Waals surface area contributed by atoms with Crippen molar-refractivity contribution >= 4 is 18.0 Å². The van der Waals surface area contributed by atoms with Crippen molar-refractivity contribution in [3.05, 3.63) is 65.2 Å². The van der Waals surface area contributed by atoms with Gasteiger partial charge in [0.25, 0.3) is 0 Å². The van der Waals surface area contributed by atoms with Crippen molar-refractivity contribution in [2.75, 3.05) is 26.7 Å². The van der Waals surface area contributed by atoms with Crippen LogP contribution in [-0.4, -0.2) is 72.2 Å². The number of likely N-dealkylation sites (tertiary alicyclic amines) is 2. The Morgan fingerprint density at radius 2 is 1.73 bits per heavy atom. The Balaban J connectivity index is 1.28. The van der Waals surface area contributed by atoms with Crippen LogP contribution in [0.15, 0.2) is 48.5 Å². The minimum Gasteiger partial charge on any atom is -0.489 e. The number of rotatable bonds is 8. The van der Waals surface area contributed by atoms with Gasteiger partial charge in [0.15, 0.2) is 0 Å². The SMILES string of the molecule is COC(=O)c1ccc(COc2ccccc2CN2CC3CC2CN3C(=O)CNC(=O)OC(C)(C)C)cc1. The summed E-state index contributed by atoms with van der Waals surface area (Å²) in [6, 6.07) is 15.6. The number of para-hydroxylation sites is 1.